The first-order valence-corrected chi connectivity index (χ1v) is 6.12. The van der Waals surface area contributed by atoms with Gasteiger partial charge in [0.25, 0.3) is 0 Å². The van der Waals surface area contributed by atoms with Crippen molar-refractivity contribution in [1.82, 2.24) is 4.98 Å². The molecule has 0 bridgehead atoms. The second-order valence-corrected chi connectivity index (χ2v) is 4.42. The highest BCUT2D eigenvalue weighted by Crippen LogP contribution is 2.29. The molecule has 0 saturated heterocycles. The highest BCUT2D eigenvalue weighted by molar-refractivity contribution is 5.68. The maximum Gasteiger partial charge on any atom is 0.227 e. The van der Waals surface area contributed by atoms with Crippen molar-refractivity contribution in [2.75, 3.05) is 5.73 Å². The molecule has 3 rings (SSSR count). The summed E-state index contributed by atoms with van der Waals surface area (Å²) < 4.78 is 5.82. The Morgan fingerprint density at radius 2 is 1.79 bits per heavy atom. The largest absolute Gasteiger partial charge is 0.436 e. The van der Waals surface area contributed by atoms with E-state index in [1.54, 1.807) is 6.20 Å². The van der Waals surface area contributed by atoms with Gasteiger partial charge in [0.15, 0.2) is 5.76 Å². The minimum Gasteiger partial charge on any atom is -0.436 e. The minimum atomic E-state index is 0.601. The number of nitrogens with two attached hydrogens (primary N) is 1. The van der Waals surface area contributed by atoms with Gasteiger partial charge in [0.2, 0.25) is 5.89 Å². The van der Waals surface area contributed by atoms with E-state index in [1.165, 1.54) is 0 Å². The predicted molar refractivity (Wildman–Crippen MR) is 76.5 cm³/mol. The summed E-state index contributed by atoms with van der Waals surface area (Å²) in [6, 6.07) is 15.7. The van der Waals surface area contributed by atoms with Crippen molar-refractivity contribution in [3.63, 3.8) is 0 Å². The molecule has 3 heteroatoms. The van der Waals surface area contributed by atoms with Gasteiger partial charge in [0.05, 0.1) is 6.20 Å². The normalized spacial score (nSPS) is 10.6. The molecule has 0 aliphatic heterocycles. The van der Waals surface area contributed by atoms with E-state index in [4.69, 9.17) is 10.2 Å². The van der Waals surface area contributed by atoms with Crippen LogP contribution in [0.4, 0.5) is 5.69 Å². The van der Waals surface area contributed by atoms with Gasteiger partial charge in [-0.3, -0.25) is 0 Å². The molecule has 1 heterocycles. The molecule has 0 atom stereocenters. The fourth-order valence-electron chi connectivity index (χ4n) is 2.02. The molecule has 3 aromatic rings. The number of benzene rings is 2. The number of anilines is 1. The Bertz CT molecular complexity index is 702. The molecule has 0 unspecified atom stereocenters. The first-order valence-electron chi connectivity index (χ1n) is 6.12. The van der Waals surface area contributed by atoms with Crippen molar-refractivity contribution in [3.05, 3.63) is 60.3 Å². The average molecular weight is 250 g/mol. The third-order valence-electron chi connectivity index (χ3n) is 3.17. The number of aromatic nitrogens is 1. The Kier molecular flexibility index (Phi) is 2.80. The molecule has 2 N–H and O–H groups in total. The molecule has 0 aliphatic rings. The van der Waals surface area contributed by atoms with Gasteiger partial charge in [-0.05, 0) is 24.6 Å². The molecule has 94 valence electrons. The highest BCUT2D eigenvalue weighted by atomic mass is 16.4. The van der Waals surface area contributed by atoms with Crippen LogP contribution < -0.4 is 5.73 Å². The van der Waals surface area contributed by atoms with Gasteiger partial charge < -0.3 is 10.2 Å². The van der Waals surface area contributed by atoms with E-state index in [0.717, 1.165) is 28.1 Å². The zero-order valence-electron chi connectivity index (χ0n) is 10.6. The summed E-state index contributed by atoms with van der Waals surface area (Å²) in [7, 11) is 0. The van der Waals surface area contributed by atoms with Gasteiger partial charge >= 0.3 is 0 Å². The molecule has 0 saturated carbocycles. The van der Waals surface area contributed by atoms with Crippen molar-refractivity contribution in [3.8, 4) is 22.8 Å². The van der Waals surface area contributed by atoms with E-state index in [-0.39, 0.29) is 0 Å². The summed E-state index contributed by atoms with van der Waals surface area (Å²) in [6.45, 7) is 1.97. The van der Waals surface area contributed by atoms with Crippen LogP contribution in [0.1, 0.15) is 5.56 Å². The number of nitrogen functional groups attached to an aromatic ring is 1. The maximum atomic E-state index is 5.91. The van der Waals surface area contributed by atoms with Gasteiger partial charge in [-0.2, -0.15) is 0 Å². The standard InChI is InChI=1S/C16H14N2O/c1-11-13(8-5-9-14(11)17)16-18-10-15(19-16)12-6-3-2-4-7-12/h2-10H,17H2,1H3. The molecule has 0 amide bonds. The van der Waals surface area contributed by atoms with E-state index in [9.17, 15) is 0 Å². The number of nitrogens with zero attached hydrogens (tertiary/aromatic N) is 1. The molecule has 0 aliphatic carbocycles. The molecule has 0 spiro atoms. The topological polar surface area (TPSA) is 52.0 Å². The third-order valence-corrected chi connectivity index (χ3v) is 3.17. The van der Waals surface area contributed by atoms with Crippen molar-refractivity contribution >= 4 is 5.69 Å². The number of hydrogen-bond donors (Lipinski definition) is 1. The Morgan fingerprint density at radius 1 is 1.00 bits per heavy atom. The van der Waals surface area contributed by atoms with Crippen molar-refractivity contribution in [2.45, 2.75) is 6.92 Å². The Morgan fingerprint density at radius 3 is 2.58 bits per heavy atom. The summed E-state index contributed by atoms with van der Waals surface area (Å²) >= 11 is 0. The predicted octanol–water partition coefficient (Wildman–Crippen LogP) is 3.90. The second kappa shape index (κ2) is 4.61. The molecule has 3 nitrogen and oxygen atoms in total. The Balaban J connectivity index is 2.05. The quantitative estimate of drug-likeness (QED) is 0.702. The van der Waals surface area contributed by atoms with Gasteiger partial charge in [-0.1, -0.05) is 36.4 Å². The minimum absolute atomic E-state index is 0.601. The van der Waals surface area contributed by atoms with Crippen LogP contribution in [0.3, 0.4) is 0 Å². The van der Waals surface area contributed by atoms with Gasteiger partial charge in [0, 0.05) is 16.8 Å². The number of oxazole rings is 1. The summed E-state index contributed by atoms with van der Waals surface area (Å²) in [5, 5.41) is 0. The van der Waals surface area contributed by atoms with Crippen LogP contribution in [0.2, 0.25) is 0 Å². The zero-order valence-corrected chi connectivity index (χ0v) is 10.6. The van der Waals surface area contributed by atoms with Gasteiger partial charge in [0.1, 0.15) is 0 Å². The Hall–Kier alpha value is -2.55. The first kappa shape index (κ1) is 11.5. The van der Waals surface area contributed by atoms with Crippen LogP contribution >= 0.6 is 0 Å². The van der Waals surface area contributed by atoms with Crippen LogP contribution in [-0.2, 0) is 0 Å². The average Bonchev–Trinajstić information content (AvgIpc) is 2.92. The lowest BCUT2D eigenvalue weighted by Crippen LogP contribution is -1.91. The van der Waals surface area contributed by atoms with E-state index in [0.29, 0.717) is 5.89 Å². The van der Waals surface area contributed by atoms with E-state index >= 15 is 0 Å². The summed E-state index contributed by atoms with van der Waals surface area (Å²) in [6.07, 6.45) is 1.74. The van der Waals surface area contributed by atoms with Gasteiger partial charge in [-0.15, -0.1) is 0 Å². The van der Waals surface area contributed by atoms with Crippen LogP contribution in [0, 0.1) is 6.92 Å². The Labute approximate surface area is 111 Å². The van der Waals surface area contributed by atoms with E-state index < -0.39 is 0 Å². The van der Waals surface area contributed by atoms with E-state index in [1.807, 2.05) is 55.5 Å². The molecule has 19 heavy (non-hydrogen) atoms. The van der Waals surface area contributed by atoms with Crippen LogP contribution in [-0.4, -0.2) is 4.98 Å². The SMILES string of the molecule is Cc1c(N)cccc1-c1ncc(-c2ccccc2)o1. The summed E-state index contributed by atoms with van der Waals surface area (Å²) in [5.41, 5.74) is 9.59. The zero-order chi connectivity index (χ0) is 13.2. The first-order chi connectivity index (χ1) is 9.25. The molecule has 0 radical (unpaired) electrons. The molecular formula is C16H14N2O. The van der Waals surface area contributed by atoms with Crippen molar-refractivity contribution in [2.24, 2.45) is 0 Å². The van der Waals surface area contributed by atoms with Crippen LogP contribution in [0.25, 0.3) is 22.8 Å². The lowest BCUT2D eigenvalue weighted by atomic mass is 10.1. The molecule has 2 aromatic carbocycles. The van der Waals surface area contributed by atoms with E-state index in [2.05, 4.69) is 4.98 Å². The smallest absolute Gasteiger partial charge is 0.227 e. The monoisotopic (exact) mass is 250 g/mol. The third kappa shape index (κ3) is 2.10. The van der Waals surface area contributed by atoms with Gasteiger partial charge in [-0.25, -0.2) is 4.98 Å². The van der Waals surface area contributed by atoms with Crippen LogP contribution in [0.15, 0.2) is 59.1 Å². The lowest BCUT2D eigenvalue weighted by Gasteiger charge is -2.04. The fourth-order valence-corrected chi connectivity index (χ4v) is 2.02. The number of rotatable bonds is 2. The molecule has 1 aromatic heterocycles. The van der Waals surface area contributed by atoms with Crippen molar-refractivity contribution in [1.29, 1.82) is 0 Å². The number of hydrogen-bond acceptors (Lipinski definition) is 3. The second-order valence-electron chi connectivity index (χ2n) is 4.42. The summed E-state index contributed by atoms with van der Waals surface area (Å²) in [4.78, 5) is 4.34. The summed E-state index contributed by atoms with van der Waals surface area (Å²) in [5.74, 6) is 1.36. The maximum absolute atomic E-state index is 5.91. The lowest BCUT2D eigenvalue weighted by molar-refractivity contribution is 0.588. The molecule has 0 fully saturated rings. The highest BCUT2D eigenvalue weighted by Gasteiger charge is 2.11. The fraction of sp³-hybridized carbons (Fsp3) is 0.0625. The van der Waals surface area contributed by atoms with Crippen LogP contribution in [0.5, 0.6) is 0 Å². The molecular weight excluding hydrogens is 236 g/mol. The van der Waals surface area contributed by atoms with Crippen molar-refractivity contribution < 1.29 is 4.42 Å².